The van der Waals surface area contributed by atoms with Crippen molar-refractivity contribution in [2.45, 2.75) is 33.7 Å². The summed E-state index contributed by atoms with van der Waals surface area (Å²) in [5.41, 5.74) is 1.41. The highest BCUT2D eigenvalue weighted by atomic mass is 15.3. The first-order chi connectivity index (χ1) is 6.18. The summed E-state index contributed by atoms with van der Waals surface area (Å²) in [6, 6.07) is 2.15. The fourth-order valence-electron chi connectivity index (χ4n) is 2.43. The van der Waals surface area contributed by atoms with Crippen molar-refractivity contribution >= 4 is 0 Å². The normalized spacial score (nSPS) is 27.7. The molecule has 0 spiro atoms. The van der Waals surface area contributed by atoms with E-state index in [-0.39, 0.29) is 0 Å². The highest BCUT2D eigenvalue weighted by Gasteiger charge is 2.27. The first-order valence-electron chi connectivity index (χ1n) is 5.19. The largest absolute Gasteiger partial charge is 0.269 e. The molecule has 13 heavy (non-hydrogen) atoms. The zero-order valence-electron chi connectivity index (χ0n) is 8.70. The Balaban J connectivity index is 2.22. The Kier molecular flexibility index (Phi) is 2.14. The SMILES string of the molecule is CC(C)C1Cn2nccc2CC1C. The monoisotopic (exact) mass is 178 g/mol. The Morgan fingerprint density at radius 2 is 2.31 bits per heavy atom. The third-order valence-electron chi connectivity index (χ3n) is 3.31. The molecule has 0 bridgehead atoms. The molecule has 0 aromatic carbocycles. The Hall–Kier alpha value is -0.790. The molecule has 2 nitrogen and oxygen atoms in total. The van der Waals surface area contributed by atoms with E-state index in [4.69, 9.17) is 0 Å². The van der Waals surface area contributed by atoms with Crippen molar-refractivity contribution in [3.05, 3.63) is 18.0 Å². The maximum atomic E-state index is 4.34. The van der Waals surface area contributed by atoms with Gasteiger partial charge in [-0.3, -0.25) is 4.68 Å². The van der Waals surface area contributed by atoms with E-state index in [1.807, 2.05) is 6.20 Å². The molecule has 2 atom stereocenters. The number of fused-ring (bicyclic) bond motifs is 1. The minimum absolute atomic E-state index is 0.771. The van der Waals surface area contributed by atoms with Crippen molar-refractivity contribution in [2.75, 3.05) is 0 Å². The lowest BCUT2D eigenvalue weighted by molar-refractivity contribution is 0.196. The van der Waals surface area contributed by atoms with Gasteiger partial charge in [0.05, 0.1) is 0 Å². The topological polar surface area (TPSA) is 17.8 Å². The summed E-state index contributed by atoms with van der Waals surface area (Å²) in [7, 11) is 0. The van der Waals surface area contributed by atoms with Gasteiger partial charge in [0, 0.05) is 18.4 Å². The Morgan fingerprint density at radius 3 is 3.00 bits per heavy atom. The van der Waals surface area contributed by atoms with Gasteiger partial charge >= 0.3 is 0 Å². The van der Waals surface area contributed by atoms with Gasteiger partial charge in [-0.2, -0.15) is 5.10 Å². The number of hydrogen-bond donors (Lipinski definition) is 0. The van der Waals surface area contributed by atoms with Crippen LogP contribution in [0.4, 0.5) is 0 Å². The highest BCUT2D eigenvalue weighted by Crippen LogP contribution is 2.30. The molecule has 2 heterocycles. The minimum atomic E-state index is 0.771. The summed E-state index contributed by atoms with van der Waals surface area (Å²) < 4.78 is 2.17. The molecule has 1 aliphatic heterocycles. The number of nitrogens with zero attached hydrogens (tertiary/aromatic N) is 2. The lowest BCUT2D eigenvalue weighted by Crippen LogP contribution is -2.31. The average Bonchev–Trinajstić information content (AvgIpc) is 2.48. The fourth-order valence-corrected chi connectivity index (χ4v) is 2.43. The van der Waals surface area contributed by atoms with Crippen LogP contribution in [0.1, 0.15) is 26.5 Å². The minimum Gasteiger partial charge on any atom is -0.269 e. The van der Waals surface area contributed by atoms with Crippen LogP contribution in [-0.4, -0.2) is 9.78 Å². The van der Waals surface area contributed by atoms with Gasteiger partial charge in [-0.15, -0.1) is 0 Å². The van der Waals surface area contributed by atoms with Gasteiger partial charge in [0.2, 0.25) is 0 Å². The van der Waals surface area contributed by atoms with Gasteiger partial charge in [0.1, 0.15) is 0 Å². The second kappa shape index (κ2) is 3.17. The van der Waals surface area contributed by atoms with E-state index in [0.29, 0.717) is 0 Å². The smallest absolute Gasteiger partial charge is 0.0492 e. The molecule has 0 saturated carbocycles. The zero-order chi connectivity index (χ0) is 9.42. The van der Waals surface area contributed by atoms with E-state index in [9.17, 15) is 0 Å². The standard InChI is InChI=1S/C11H18N2/c1-8(2)11-7-13-10(4-5-12-13)6-9(11)3/h4-5,8-9,11H,6-7H2,1-3H3. The molecule has 0 aliphatic carbocycles. The third-order valence-corrected chi connectivity index (χ3v) is 3.31. The zero-order valence-corrected chi connectivity index (χ0v) is 8.70. The van der Waals surface area contributed by atoms with Crippen LogP contribution in [0, 0.1) is 17.8 Å². The molecule has 2 unspecified atom stereocenters. The highest BCUT2D eigenvalue weighted by molar-refractivity contribution is 5.05. The van der Waals surface area contributed by atoms with Crippen molar-refractivity contribution in [1.29, 1.82) is 0 Å². The van der Waals surface area contributed by atoms with Crippen molar-refractivity contribution in [3.8, 4) is 0 Å². The molecule has 2 rings (SSSR count). The van der Waals surface area contributed by atoms with Crippen molar-refractivity contribution in [3.63, 3.8) is 0 Å². The van der Waals surface area contributed by atoms with Gasteiger partial charge in [0.15, 0.2) is 0 Å². The summed E-state index contributed by atoms with van der Waals surface area (Å²) >= 11 is 0. The van der Waals surface area contributed by atoms with Crippen LogP contribution >= 0.6 is 0 Å². The van der Waals surface area contributed by atoms with E-state index in [0.717, 1.165) is 24.3 Å². The molecule has 2 heteroatoms. The van der Waals surface area contributed by atoms with Gasteiger partial charge in [-0.1, -0.05) is 20.8 Å². The molecule has 0 fully saturated rings. The summed E-state index contributed by atoms with van der Waals surface area (Å²) in [5, 5.41) is 4.34. The molecule has 72 valence electrons. The molecular formula is C11H18N2. The van der Waals surface area contributed by atoms with Crippen molar-refractivity contribution in [1.82, 2.24) is 9.78 Å². The number of hydrogen-bond acceptors (Lipinski definition) is 1. The molecule has 0 saturated heterocycles. The molecule has 1 aliphatic rings. The van der Waals surface area contributed by atoms with Gasteiger partial charge in [0.25, 0.3) is 0 Å². The van der Waals surface area contributed by atoms with Crippen molar-refractivity contribution in [2.24, 2.45) is 17.8 Å². The predicted octanol–water partition coefficient (Wildman–Crippen LogP) is 2.35. The lowest BCUT2D eigenvalue weighted by atomic mass is 9.80. The molecule has 0 radical (unpaired) electrons. The van der Waals surface area contributed by atoms with Crippen LogP contribution in [0.25, 0.3) is 0 Å². The average molecular weight is 178 g/mol. The number of aromatic nitrogens is 2. The Labute approximate surface area is 80.0 Å². The fraction of sp³-hybridized carbons (Fsp3) is 0.727. The maximum absolute atomic E-state index is 4.34. The second-order valence-corrected chi connectivity index (χ2v) is 4.59. The quantitative estimate of drug-likeness (QED) is 0.645. The van der Waals surface area contributed by atoms with Crippen LogP contribution in [0.15, 0.2) is 12.3 Å². The third kappa shape index (κ3) is 1.50. The molecule has 0 N–H and O–H groups in total. The van der Waals surface area contributed by atoms with E-state index >= 15 is 0 Å². The maximum Gasteiger partial charge on any atom is 0.0492 e. The molecule has 1 aromatic heterocycles. The lowest BCUT2D eigenvalue weighted by Gasteiger charge is -2.32. The Morgan fingerprint density at radius 1 is 1.54 bits per heavy atom. The van der Waals surface area contributed by atoms with E-state index in [1.165, 1.54) is 12.1 Å². The van der Waals surface area contributed by atoms with Gasteiger partial charge in [-0.05, 0) is 30.2 Å². The Bertz CT molecular complexity index is 288. The van der Waals surface area contributed by atoms with Crippen LogP contribution < -0.4 is 0 Å². The molecule has 0 amide bonds. The van der Waals surface area contributed by atoms with Crippen molar-refractivity contribution < 1.29 is 0 Å². The second-order valence-electron chi connectivity index (χ2n) is 4.59. The number of rotatable bonds is 1. The summed E-state index contributed by atoms with van der Waals surface area (Å²) in [4.78, 5) is 0. The van der Waals surface area contributed by atoms with E-state index in [2.05, 4.69) is 36.6 Å². The van der Waals surface area contributed by atoms with Crippen LogP contribution in [-0.2, 0) is 13.0 Å². The molecular weight excluding hydrogens is 160 g/mol. The van der Waals surface area contributed by atoms with E-state index < -0.39 is 0 Å². The van der Waals surface area contributed by atoms with Crippen LogP contribution in [0.5, 0.6) is 0 Å². The first kappa shape index (κ1) is 8.79. The first-order valence-corrected chi connectivity index (χ1v) is 5.19. The van der Waals surface area contributed by atoms with Crippen LogP contribution in [0.2, 0.25) is 0 Å². The van der Waals surface area contributed by atoms with Gasteiger partial charge < -0.3 is 0 Å². The van der Waals surface area contributed by atoms with Crippen LogP contribution in [0.3, 0.4) is 0 Å². The van der Waals surface area contributed by atoms with E-state index in [1.54, 1.807) is 0 Å². The molecule has 1 aromatic rings. The summed E-state index contributed by atoms with van der Waals surface area (Å²) in [5.74, 6) is 2.38. The summed E-state index contributed by atoms with van der Waals surface area (Å²) in [6.45, 7) is 8.10. The van der Waals surface area contributed by atoms with Gasteiger partial charge in [-0.25, -0.2) is 0 Å². The predicted molar refractivity (Wildman–Crippen MR) is 53.4 cm³/mol. The summed E-state index contributed by atoms with van der Waals surface area (Å²) in [6.07, 6.45) is 3.12.